The van der Waals surface area contributed by atoms with Crippen LogP contribution in [0.25, 0.3) is 0 Å². The number of allylic oxidation sites excluding steroid dienone is 3. The van der Waals surface area contributed by atoms with Gasteiger partial charge in [-0.3, -0.25) is 4.79 Å². The first-order valence-electron chi connectivity index (χ1n) is 8.51. The second-order valence-electron chi connectivity index (χ2n) is 6.81. The zero-order valence-corrected chi connectivity index (χ0v) is 12.9. The molecule has 1 N–H and O–H groups in total. The molecule has 0 aromatic rings. The average Bonchev–Trinajstić information content (AvgIpc) is 2.55. The van der Waals surface area contributed by atoms with Crippen LogP contribution in [0.1, 0.15) is 44.9 Å². The summed E-state index contributed by atoms with van der Waals surface area (Å²) in [5, 5.41) is 14.4. The molecule has 1 fully saturated rings. The summed E-state index contributed by atoms with van der Waals surface area (Å²) >= 11 is 0. The molecular formula is C18H24NO3-. The van der Waals surface area contributed by atoms with Crippen molar-refractivity contribution in [2.24, 2.45) is 23.7 Å². The molecule has 1 amide bonds. The number of carbonyl (C=O) groups is 2. The van der Waals surface area contributed by atoms with Gasteiger partial charge in [-0.25, -0.2) is 0 Å². The molecule has 4 aliphatic rings. The van der Waals surface area contributed by atoms with Crippen LogP contribution in [0.15, 0.2) is 23.8 Å². The van der Waals surface area contributed by atoms with E-state index in [1.165, 1.54) is 18.4 Å². The van der Waals surface area contributed by atoms with Crippen molar-refractivity contribution in [3.63, 3.8) is 0 Å². The van der Waals surface area contributed by atoms with E-state index in [1.54, 1.807) is 0 Å². The summed E-state index contributed by atoms with van der Waals surface area (Å²) in [5.41, 5.74) is 1.42. The summed E-state index contributed by atoms with van der Waals surface area (Å²) in [6, 6.07) is 0. The first-order valence-corrected chi connectivity index (χ1v) is 8.51. The van der Waals surface area contributed by atoms with E-state index in [0.717, 1.165) is 32.1 Å². The zero-order chi connectivity index (χ0) is 15.5. The van der Waals surface area contributed by atoms with Gasteiger partial charge in [-0.15, -0.1) is 0 Å². The van der Waals surface area contributed by atoms with Gasteiger partial charge in [0.25, 0.3) is 0 Å². The van der Waals surface area contributed by atoms with Crippen molar-refractivity contribution >= 4 is 11.9 Å². The Bertz CT molecular complexity index is 508. The van der Waals surface area contributed by atoms with Crippen molar-refractivity contribution in [2.75, 3.05) is 6.54 Å². The molecule has 0 heterocycles. The van der Waals surface area contributed by atoms with Gasteiger partial charge in [0.15, 0.2) is 0 Å². The Kier molecular flexibility index (Phi) is 4.65. The van der Waals surface area contributed by atoms with Gasteiger partial charge in [-0.05, 0) is 56.8 Å². The summed E-state index contributed by atoms with van der Waals surface area (Å²) in [4.78, 5) is 23.9. The van der Waals surface area contributed by atoms with Crippen molar-refractivity contribution < 1.29 is 14.7 Å². The van der Waals surface area contributed by atoms with Crippen LogP contribution in [-0.2, 0) is 9.59 Å². The maximum Gasteiger partial charge on any atom is 0.224 e. The van der Waals surface area contributed by atoms with E-state index in [1.807, 2.05) is 12.2 Å². The lowest BCUT2D eigenvalue weighted by Gasteiger charge is -2.44. The summed E-state index contributed by atoms with van der Waals surface area (Å²) in [7, 11) is 0. The van der Waals surface area contributed by atoms with Crippen molar-refractivity contribution in [3.8, 4) is 0 Å². The van der Waals surface area contributed by atoms with Crippen LogP contribution in [0, 0.1) is 23.7 Å². The third kappa shape index (κ3) is 3.11. The average molecular weight is 302 g/mol. The molecule has 0 unspecified atom stereocenters. The molecule has 0 aromatic carbocycles. The lowest BCUT2D eigenvalue weighted by atomic mass is 9.62. The third-order valence-electron chi connectivity index (χ3n) is 5.45. The Labute approximate surface area is 131 Å². The van der Waals surface area contributed by atoms with E-state index in [2.05, 4.69) is 11.4 Å². The van der Waals surface area contributed by atoms with Crippen LogP contribution in [0.3, 0.4) is 0 Å². The highest BCUT2D eigenvalue weighted by Crippen LogP contribution is 2.44. The number of carbonyl (C=O) groups excluding carboxylic acids is 2. The van der Waals surface area contributed by atoms with Gasteiger partial charge in [-0.2, -0.15) is 0 Å². The SMILES string of the molecule is O=C([O-])[C@@H]1[C@H](C(=O)NCCC2=CCCCC2)[C@H]2C=C[C@H]1CC2. The number of aliphatic carboxylic acids is 1. The highest BCUT2D eigenvalue weighted by atomic mass is 16.4. The normalized spacial score (nSPS) is 33.4. The van der Waals surface area contributed by atoms with Crippen LogP contribution in [0.5, 0.6) is 0 Å². The molecule has 2 bridgehead atoms. The predicted octanol–water partition coefficient (Wildman–Crippen LogP) is 1.57. The monoisotopic (exact) mass is 302 g/mol. The Morgan fingerprint density at radius 1 is 1.14 bits per heavy atom. The van der Waals surface area contributed by atoms with Crippen molar-refractivity contribution in [3.05, 3.63) is 23.8 Å². The third-order valence-corrected chi connectivity index (χ3v) is 5.45. The van der Waals surface area contributed by atoms with Crippen LogP contribution in [-0.4, -0.2) is 18.4 Å². The fourth-order valence-electron chi connectivity index (χ4n) is 4.27. The van der Waals surface area contributed by atoms with Crippen molar-refractivity contribution in [2.45, 2.75) is 44.9 Å². The molecular weight excluding hydrogens is 278 g/mol. The number of hydrogen-bond acceptors (Lipinski definition) is 3. The van der Waals surface area contributed by atoms with Crippen molar-refractivity contribution in [1.82, 2.24) is 5.32 Å². The number of carboxylic acid groups (broad SMARTS) is 1. The first kappa shape index (κ1) is 15.3. The highest BCUT2D eigenvalue weighted by molar-refractivity contribution is 5.85. The fourth-order valence-corrected chi connectivity index (χ4v) is 4.27. The first-order chi connectivity index (χ1) is 10.7. The molecule has 0 spiro atoms. The molecule has 0 radical (unpaired) electrons. The van der Waals surface area contributed by atoms with E-state index in [9.17, 15) is 14.7 Å². The summed E-state index contributed by atoms with van der Waals surface area (Å²) in [6.07, 6.45) is 13.7. The van der Waals surface area contributed by atoms with Gasteiger partial charge in [0.05, 0.1) is 5.92 Å². The summed E-state index contributed by atoms with van der Waals surface area (Å²) in [5.74, 6) is -2.26. The molecule has 4 rings (SSSR count). The minimum Gasteiger partial charge on any atom is -0.550 e. The standard InChI is InChI=1S/C18H25NO3/c20-17(19-11-10-12-4-2-1-3-5-12)15-13-6-8-14(9-7-13)16(15)18(21)22/h4,6,8,13-16H,1-3,5,7,9-11H2,(H,19,20)(H,21,22)/p-1/t13-,14-,15+,16-/m0/s1. The Hall–Kier alpha value is -1.58. The minimum atomic E-state index is -1.07. The molecule has 4 nitrogen and oxygen atoms in total. The van der Waals surface area contributed by atoms with E-state index < -0.39 is 17.8 Å². The Balaban J connectivity index is 1.57. The Morgan fingerprint density at radius 3 is 2.45 bits per heavy atom. The van der Waals surface area contributed by atoms with E-state index >= 15 is 0 Å². The lowest BCUT2D eigenvalue weighted by Crippen LogP contribution is -2.52. The summed E-state index contributed by atoms with van der Waals surface area (Å²) in [6.45, 7) is 0.613. The maximum atomic E-state index is 12.5. The number of nitrogens with one attached hydrogen (secondary N) is 1. The van der Waals surface area contributed by atoms with Crippen LogP contribution in [0.2, 0.25) is 0 Å². The van der Waals surface area contributed by atoms with E-state index in [-0.39, 0.29) is 17.7 Å². The minimum absolute atomic E-state index is 0.0354. The van der Waals surface area contributed by atoms with Crippen molar-refractivity contribution in [1.29, 1.82) is 0 Å². The summed E-state index contributed by atoms with van der Waals surface area (Å²) < 4.78 is 0. The highest BCUT2D eigenvalue weighted by Gasteiger charge is 2.44. The molecule has 120 valence electrons. The van der Waals surface area contributed by atoms with Gasteiger partial charge < -0.3 is 15.2 Å². The molecule has 0 aromatic heterocycles. The predicted molar refractivity (Wildman–Crippen MR) is 81.5 cm³/mol. The topological polar surface area (TPSA) is 69.2 Å². The van der Waals surface area contributed by atoms with Crippen LogP contribution >= 0.6 is 0 Å². The Morgan fingerprint density at radius 2 is 1.86 bits per heavy atom. The smallest absolute Gasteiger partial charge is 0.224 e. The maximum absolute atomic E-state index is 12.5. The lowest BCUT2D eigenvalue weighted by molar-refractivity contribution is -0.316. The quantitative estimate of drug-likeness (QED) is 0.784. The molecule has 4 atom stereocenters. The van der Waals surface area contributed by atoms with Gasteiger partial charge in [0.1, 0.15) is 0 Å². The van der Waals surface area contributed by atoms with Crippen LogP contribution < -0.4 is 10.4 Å². The number of rotatable bonds is 5. The van der Waals surface area contributed by atoms with Gasteiger partial charge in [0, 0.05) is 18.4 Å². The van der Waals surface area contributed by atoms with Gasteiger partial charge in [0.2, 0.25) is 5.91 Å². The number of fused-ring (bicyclic) bond motifs is 2. The molecule has 4 aliphatic carbocycles. The van der Waals surface area contributed by atoms with Crippen LogP contribution in [0.4, 0.5) is 0 Å². The molecule has 0 aliphatic heterocycles. The largest absolute Gasteiger partial charge is 0.550 e. The number of hydrogen-bond donors (Lipinski definition) is 1. The number of carboxylic acids is 1. The van der Waals surface area contributed by atoms with E-state index in [4.69, 9.17) is 0 Å². The molecule has 22 heavy (non-hydrogen) atoms. The van der Waals surface area contributed by atoms with Gasteiger partial charge >= 0.3 is 0 Å². The molecule has 0 saturated heterocycles. The van der Waals surface area contributed by atoms with Gasteiger partial charge in [-0.1, -0.05) is 23.8 Å². The molecule has 4 heteroatoms. The second kappa shape index (κ2) is 6.67. The fraction of sp³-hybridized carbons (Fsp3) is 0.667. The zero-order valence-electron chi connectivity index (χ0n) is 12.9. The molecule has 1 saturated carbocycles. The number of amides is 1. The second-order valence-corrected chi connectivity index (χ2v) is 6.81. The van der Waals surface area contributed by atoms with E-state index in [0.29, 0.717) is 6.54 Å².